The molecule has 0 radical (unpaired) electrons. The molecule has 8 heterocycles. The van der Waals surface area contributed by atoms with E-state index in [1.54, 1.807) is 22.7 Å². The summed E-state index contributed by atoms with van der Waals surface area (Å²) in [7, 11) is 0. The number of para-hydroxylation sites is 4. The van der Waals surface area contributed by atoms with Crippen molar-refractivity contribution in [1.29, 1.82) is 0 Å². The Balaban J connectivity index is 0.000000132. The largest absolute Gasteiger partial charge is 0.309 e. The molecule has 6 nitrogen and oxygen atoms in total. The number of aromatic nitrogens is 6. The van der Waals surface area contributed by atoms with Gasteiger partial charge in [-0.2, -0.15) is 0 Å². The molecule has 8 aromatic heterocycles. The first-order chi connectivity index (χ1) is 47.6. The predicted octanol–water partition coefficient (Wildman–Crippen LogP) is 25.0. The Morgan fingerprint density at radius 1 is 0.240 bits per heavy atom. The summed E-state index contributed by atoms with van der Waals surface area (Å²) in [6.45, 7) is 0. The van der Waals surface area contributed by atoms with Crippen LogP contribution in [-0.2, 0) is 0 Å². The molecule has 0 N–H and O–H groups in total. The van der Waals surface area contributed by atoms with Crippen molar-refractivity contribution in [3.05, 3.63) is 304 Å². The zero-order chi connectivity index (χ0) is 63.0. The first-order valence-corrected chi connectivity index (χ1v) is 35.3. The van der Waals surface area contributed by atoms with Gasteiger partial charge in [-0.15, -0.1) is 45.3 Å². The van der Waals surface area contributed by atoms with Gasteiger partial charge in [-0.1, -0.05) is 200 Å². The van der Waals surface area contributed by atoms with Crippen LogP contribution in [0.4, 0.5) is 0 Å². The molecule has 0 aliphatic heterocycles. The monoisotopic (exact) mass is 1290 g/mol. The van der Waals surface area contributed by atoms with Crippen LogP contribution in [0.25, 0.3) is 192 Å². The van der Waals surface area contributed by atoms with Crippen molar-refractivity contribution in [1.82, 2.24) is 29.1 Å². The molecule has 0 saturated heterocycles. The maximum Gasteiger partial charge on any atom is 0.143 e. The Bertz CT molecular complexity index is 6650. The van der Waals surface area contributed by atoms with Crippen LogP contribution in [0, 0.1) is 0 Å². The van der Waals surface area contributed by atoms with E-state index in [0.717, 1.165) is 65.4 Å². The van der Waals surface area contributed by atoms with E-state index >= 15 is 0 Å². The van der Waals surface area contributed by atoms with Crippen molar-refractivity contribution in [2.24, 2.45) is 0 Å². The topological polar surface area (TPSA) is 61.4 Å². The lowest BCUT2D eigenvalue weighted by atomic mass is 9.97. The molecule has 0 aliphatic rings. The Morgan fingerprint density at radius 3 is 1.08 bits per heavy atom. The van der Waals surface area contributed by atoms with Gasteiger partial charge in [-0.3, -0.25) is 9.97 Å². The highest BCUT2D eigenvalue weighted by Gasteiger charge is 2.20. The summed E-state index contributed by atoms with van der Waals surface area (Å²) >= 11 is 7.16. The van der Waals surface area contributed by atoms with Crippen molar-refractivity contribution in [3.63, 3.8) is 0 Å². The Kier molecular flexibility index (Phi) is 12.6. The molecule has 10 heteroatoms. The normalized spacial score (nSPS) is 12.0. The highest BCUT2D eigenvalue weighted by molar-refractivity contribution is 7.27. The van der Waals surface area contributed by atoms with Gasteiger partial charge in [0.25, 0.3) is 0 Å². The van der Waals surface area contributed by atoms with Crippen LogP contribution in [0.2, 0.25) is 0 Å². The molecular weight excluding hydrogens is 1250 g/mol. The van der Waals surface area contributed by atoms with Crippen molar-refractivity contribution >= 4 is 170 Å². The van der Waals surface area contributed by atoms with E-state index in [2.05, 4.69) is 300 Å². The van der Waals surface area contributed by atoms with Gasteiger partial charge in [0, 0.05) is 105 Å². The fourth-order valence-corrected chi connectivity index (χ4v) is 19.0. The van der Waals surface area contributed by atoms with E-state index < -0.39 is 0 Å². The Labute approximate surface area is 565 Å². The van der Waals surface area contributed by atoms with Gasteiger partial charge in [0.2, 0.25) is 0 Å². The van der Waals surface area contributed by atoms with E-state index in [1.165, 1.54) is 127 Å². The molecule has 0 amide bonds. The van der Waals surface area contributed by atoms with Crippen LogP contribution in [0.15, 0.2) is 304 Å². The molecule has 0 saturated carbocycles. The molecule has 0 aliphatic carbocycles. The fourth-order valence-electron chi connectivity index (χ4n) is 14.5. The molecule has 0 spiro atoms. The van der Waals surface area contributed by atoms with Gasteiger partial charge in [-0.05, 0) is 124 Å². The predicted molar refractivity (Wildman–Crippen MR) is 411 cm³/mol. The lowest BCUT2D eigenvalue weighted by Crippen LogP contribution is -1.95. The summed E-state index contributed by atoms with van der Waals surface area (Å²) in [5.41, 5.74) is 20.1. The third kappa shape index (κ3) is 8.87. The van der Waals surface area contributed by atoms with E-state index in [1.807, 2.05) is 35.1 Å². The molecule has 448 valence electrons. The van der Waals surface area contributed by atoms with Crippen LogP contribution in [0.5, 0.6) is 0 Å². The molecule has 21 rings (SSSR count). The van der Waals surface area contributed by atoms with Crippen LogP contribution in [0.3, 0.4) is 0 Å². The van der Waals surface area contributed by atoms with Gasteiger partial charge < -0.3 is 9.13 Å². The number of fused-ring (bicyclic) bond motifs is 18. The minimum atomic E-state index is 0.875. The average Bonchev–Trinajstić information content (AvgIpc) is 1.62. The van der Waals surface area contributed by atoms with Crippen LogP contribution in [-0.4, -0.2) is 29.1 Å². The SMILES string of the molecule is c1cc(-c2ccc3sc4nc(-c5cccc(-n6c7ccccc7c7ccccc76)c5)cnc4c3c2)cc(-c2cccc3c2sc2ccccc23)c1.c1cc(-c2cnc3c(n2)sc2ccc(-c4cccc5c4sc4ccccc45)cc23)cc(-n2c3ccccc3c3ccccc32)c1. The quantitative estimate of drug-likeness (QED) is 0.160. The van der Waals surface area contributed by atoms with E-state index in [-0.39, 0.29) is 0 Å². The van der Waals surface area contributed by atoms with Gasteiger partial charge >= 0.3 is 0 Å². The Hall–Kier alpha value is -11.5. The Morgan fingerprint density at radius 2 is 0.594 bits per heavy atom. The highest BCUT2D eigenvalue weighted by Crippen LogP contribution is 2.45. The third-order valence-corrected chi connectivity index (χ3v) is 23.5. The second-order valence-corrected chi connectivity index (χ2v) is 28.6. The molecule has 0 atom stereocenters. The zero-order valence-corrected chi connectivity index (χ0v) is 54.4. The lowest BCUT2D eigenvalue weighted by Gasteiger charge is -2.10. The third-order valence-electron chi connectivity index (χ3n) is 19.0. The van der Waals surface area contributed by atoms with Crippen LogP contribution in [0.1, 0.15) is 0 Å². The van der Waals surface area contributed by atoms with Crippen molar-refractivity contribution in [3.8, 4) is 67.3 Å². The zero-order valence-electron chi connectivity index (χ0n) is 51.2. The molecule has 21 aromatic rings. The molecule has 0 fully saturated rings. The standard InChI is InChI=1S/C46H27N3S2.C40H23N3S2/c1-4-19-40-34(14-1)35-15-2-5-20-41(35)49(40)32-13-8-12-31(25-32)39-27-47-44-38-26-29(22-23-43(38)51-46(44)48-39)28-10-7-11-30(24-28)33-17-9-18-37-36-16-3-6-21-42(36)50-45(33)37;1-4-16-34-28(11-1)29-12-2-5-17-35(29)43(34)26-10-7-9-25(21-26)33-23-41-38-32-22-24(19-20-37(32)45-40(38)42-33)27-14-8-15-31-30-13-3-6-18-36(30)44-39(27)31/h1-27H;1-23H. The van der Waals surface area contributed by atoms with Gasteiger partial charge in [-0.25, -0.2) is 9.97 Å². The van der Waals surface area contributed by atoms with E-state index in [9.17, 15) is 0 Å². The molecule has 0 bridgehead atoms. The molecule has 13 aromatic carbocycles. The number of hydrogen-bond donors (Lipinski definition) is 0. The molecule has 96 heavy (non-hydrogen) atoms. The van der Waals surface area contributed by atoms with E-state index in [0.29, 0.717) is 0 Å². The van der Waals surface area contributed by atoms with Crippen molar-refractivity contribution < 1.29 is 0 Å². The number of rotatable bonds is 7. The first-order valence-electron chi connectivity index (χ1n) is 32.1. The molecule has 0 unspecified atom stereocenters. The lowest BCUT2D eigenvalue weighted by molar-refractivity contribution is 1.18. The minimum absolute atomic E-state index is 0.875. The van der Waals surface area contributed by atoms with Crippen molar-refractivity contribution in [2.45, 2.75) is 0 Å². The summed E-state index contributed by atoms with van der Waals surface area (Å²) in [5.74, 6) is 0. The van der Waals surface area contributed by atoms with Gasteiger partial charge in [0.1, 0.15) is 20.7 Å². The maximum absolute atomic E-state index is 5.18. The summed E-state index contributed by atoms with van der Waals surface area (Å²) in [6, 6.07) is 105. The number of thiophene rings is 4. The number of benzene rings is 13. The maximum atomic E-state index is 5.18. The average molecular weight is 1300 g/mol. The first kappa shape index (κ1) is 55.0. The smallest absolute Gasteiger partial charge is 0.143 e. The molecular formula is C86H50N6S4. The summed E-state index contributed by atoms with van der Waals surface area (Å²) in [6.07, 6.45) is 3.86. The fraction of sp³-hybridized carbons (Fsp3) is 0. The number of hydrogen-bond acceptors (Lipinski definition) is 8. The van der Waals surface area contributed by atoms with Gasteiger partial charge in [0.15, 0.2) is 0 Å². The number of nitrogens with zero attached hydrogens (tertiary/aromatic N) is 6. The second-order valence-electron chi connectivity index (χ2n) is 24.4. The minimum Gasteiger partial charge on any atom is -0.309 e. The van der Waals surface area contributed by atoms with E-state index in [4.69, 9.17) is 19.9 Å². The summed E-state index contributed by atoms with van der Waals surface area (Å²) in [4.78, 5) is 22.3. The summed E-state index contributed by atoms with van der Waals surface area (Å²) in [5, 5.41) is 12.6. The summed E-state index contributed by atoms with van der Waals surface area (Å²) < 4.78 is 12.4. The van der Waals surface area contributed by atoms with Gasteiger partial charge in [0.05, 0.1) is 45.8 Å². The highest BCUT2D eigenvalue weighted by atomic mass is 32.1. The van der Waals surface area contributed by atoms with Crippen LogP contribution < -0.4 is 0 Å². The second kappa shape index (κ2) is 22.1. The van der Waals surface area contributed by atoms with Crippen molar-refractivity contribution in [2.75, 3.05) is 0 Å². The van der Waals surface area contributed by atoms with Crippen LogP contribution >= 0.6 is 45.3 Å².